The lowest BCUT2D eigenvalue weighted by Gasteiger charge is -2.42. The van der Waals surface area contributed by atoms with Gasteiger partial charge in [0.05, 0.1) is 0 Å². The van der Waals surface area contributed by atoms with Gasteiger partial charge in [-0.05, 0) is 13.8 Å². The summed E-state index contributed by atoms with van der Waals surface area (Å²) in [6.45, 7) is 9.64. The SMILES string of the molecule is CCc1nsc(N2CCNCC2(C)C)n1. The minimum atomic E-state index is 0.142. The lowest BCUT2D eigenvalue weighted by atomic mass is 10.0. The third-order valence-electron chi connectivity index (χ3n) is 2.80. The van der Waals surface area contributed by atoms with Gasteiger partial charge in [-0.25, -0.2) is 4.98 Å². The first-order valence-corrected chi connectivity index (χ1v) is 6.22. The predicted molar refractivity (Wildman–Crippen MR) is 63.6 cm³/mol. The number of nitrogens with zero attached hydrogens (tertiary/aromatic N) is 3. The molecule has 1 aliphatic rings. The van der Waals surface area contributed by atoms with Crippen molar-refractivity contribution < 1.29 is 0 Å². The maximum Gasteiger partial charge on any atom is 0.205 e. The van der Waals surface area contributed by atoms with Crippen LogP contribution in [0.3, 0.4) is 0 Å². The summed E-state index contributed by atoms with van der Waals surface area (Å²) in [5.74, 6) is 0.962. The Kier molecular flexibility index (Phi) is 2.93. The molecular formula is C10H18N4S. The Morgan fingerprint density at radius 1 is 1.53 bits per heavy atom. The van der Waals surface area contributed by atoms with Gasteiger partial charge in [0.25, 0.3) is 0 Å². The van der Waals surface area contributed by atoms with Crippen molar-refractivity contribution in [1.29, 1.82) is 0 Å². The van der Waals surface area contributed by atoms with Crippen molar-refractivity contribution in [3.8, 4) is 0 Å². The minimum Gasteiger partial charge on any atom is -0.339 e. The average molecular weight is 226 g/mol. The molecule has 5 heteroatoms. The second-order valence-corrected chi connectivity index (χ2v) is 5.22. The molecule has 0 spiro atoms. The van der Waals surface area contributed by atoms with E-state index in [1.165, 1.54) is 11.5 Å². The summed E-state index contributed by atoms with van der Waals surface area (Å²) in [4.78, 5) is 6.92. The molecule has 1 fully saturated rings. The van der Waals surface area contributed by atoms with E-state index in [1.54, 1.807) is 0 Å². The zero-order valence-electron chi connectivity index (χ0n) is 9.58. The molecule has 0 radical (unpaired) electrons. The van der Waals surface area contributed by atoms with Crippen molar-refractivity contribution in [2.45, 2.75) is 32.7 Å². The summed E-state index contributed by atoms with van der Waals surface area (Å²) in [5, 5.41) is 4.48. The second kappa shape index (κ2) is 4.06. The molecule has 4 nitrogen and oxygen atoms in total. The van der Waals surface area contributed by atoms with Crippen LogP contribution in [0.2, 0.25) is 0 Å². The summed E-state index contributed by atoms with van der Waals surface area (Å²) in [7, 11) is 0. The van der Waals surface area contributed by atoms with Crippen molar-refractivity contribution in [3.63, 3.8) is 0 Å². The molecule has 0 bridgehead atoms. The van der Waals surface area contributed by atoms with Crippen molar-refractivity contribution in [3.05, 3.63) is 5.82 Å². The van der Waals surface area contributed by atoms with Crippen LogP contribution in [-0.4, -0.2) is 34.5 Å². The Bertz CT molecular complexity index is 334. The highest BCUT2D eigenvalue weighted by molar-refractivity contribution is 7.09. The van der Waals surface area contributed by atoms with E-state index >= 15 is 0 Å². The van der Waals surface area contributed by atoms with Crippen molar-refractivity contribution in [1.82, 2.24) is 14.7 Å². The third-order valence-corrected chi connectivity index (χ3v) is 3.58. The standard InChI is InChI=1S/C10H18N4S/c1-4-8-12-9(15-13-8)14-6-5-11-7-10(14,2)3/h11H,4-7H2,1-3H3. The Hall–Kier alpha value is -0.680. The monoisotopic (exact) mass is 226 g/mol. The van der Waals surface area contributed by atoms with Crippen LogP contribution < -0.4 is 10.2 Å². The van der Waals surface area contributed by atoms with Crippen LogP contribution in [0, 0.1) is 0 Å². The fraction of sp³-hybridized carbons (Fsp3) is 0.800. The average Bonchev–Trinajstić information content (AvgIpc) is 2.65. The van der Waals surface area contributed by atoms with Gasteiger partial charge in [0.2, 0.25) is 5.13 Å². The van der Waals surface area contributed by atoms with Gasteiger partial charge < -0.3 is 10.2 Å². The quantitative estimate of drug-likeness (QED) is 0.825. The van der Waals surface area contributed by atoms with Crippen LogP contribution in [0.15, 0.2) is 0 Å². The van der Waals surface area contributed by atoms with Gasteiger partial charge in [0.1, 0.15) is 5.82 Å². The van der Waals surface area contributed by atoms with Gasteiger partial charge in [-0.15, -0.1) is 0 Å². The Balaban J connectivity index is 2.21. The van der Waals surface area contributed by atoms with Crippen molar-refractivity contribution >= 4 is 16.7 Å². The highest BCUT2D eigenvalue weighted by Crippen LogP contribution is 2.26. The number of hydrogen-bond acceptors (Lipinski definition) is 5. The first-order chi connectivity index (χ1) is 7.13. The first-order valence-electron chi connectivity index (χ1n) is 5.44. The van der Waals surface area contributed by atoms with Crippen LogP contribution in [0.5, 0.6) is 0 Å². The molecule has 84 valence electrons. The smallest absolute Gasteiger partial charge is 0.205 e. The zero-order chi connectivity index (χ0) is 10.9. The molecule has 1 aromatic heterocycles. The Morgan fingerprint density at radius 2 is 2.33 bits per heavy atom. The normalized spacial score (nSPS) is 20.6. The molecule has 0 saturated carbocycles. The van der Waals surface area contributed by atoms with E-state index in [1.807, 2.05) is 0 Å². The van der Waals surface area contributed by atoms with Gasteiger partial charge in [0, 0.05) is 43.1 Å². The fourth-order valence-corrected chi connectivity index (χ4v) is 2.78. The largest absolute Gasteiger partial charge is 0.339 e. The summed E-state index contributed by atoms with van der Waals surface area (Å²) in [5.41, 5.74) is 0.142. The van der Waals surface area contributed by atoms with Gasteiger partial charge in [-0.3, -0.25) is 0 Å². The second-order valence-electron chi connectivity index (χ2n) is 4.49. The van der Waals surface area contributed by atoms with E-state index in [4.69, 9.17) is 0 Å². The van der Waals surface area contributed by atoms with E-state index in [9.17, 15) is 0 Å². The Morgan fingerprint density at radius 3 is 2.93 bits per heavy atom. The highest BCUT2D eigenvalue weighted by atomic mass is 32.1. The highest BCUT2D eigenvalue weighted by Gasteiger charge is 2.31. The molecule has 0 aliphatic carbocycles. The fourth-order valence-electron chi connectivity index (χ4n) is 1.84. The number of anilines is 1. The zero-order valence-corrected chi connectivity index (χ0v) is 10.4. The van der Waals surface area contributed by atoms with Gasteiger partial charge in [-0.1, -0.05) is 6.92 Å². The Labute approximate surface area is 94.9 Å². The van der Waals surface area contributed by atoms with E-state index < -0.39 is 0 Å². The first kappa shape index (κ1) is 10.8. The molecule has 1 saturated heterocycles. The van der Waals surface area contributed by atoms with E-state index in [0.29, 0.717) is 0 Å². The van der Waals surface area contributed by atoms with Crippen LogP contribution in [0.4, 0.5) is 5.13 Å². The topological polar surface area (TPSA) is 41.1 Å². The lowest BCUT2D eigenvalue weighted by molar-refractivity contribution is 0.380. The molecule has 0 aromatic carbocycles. The summed E-state index contributed by atoms with van der Waals surface area (Å²) < 4.78 is 4.34. The van der Waals surface area contributed by atoms with E-state index in [2.05, 4.69) is 40.3 Å². The summed E-state index contributed by atoms with van der Waals surface area (Å²) >= 11 is 1.52. The molecule has 0 amide bonds. The number of piperazine rings is 1. The van der Waals surface area contributed by atoms with Gasteiger partial charge in [0.15, 0.2) is 0 Å². The molecule has 1 N–H and O–H groups in total. The molecule has 0 atom stereocenters. The van der Waals surface area contributed by atoms with Crippen molar-refractivity contribution in [2.75, 3.05) is 24.5 Å². The van der Waals surface area contributed by atoms with E-state index in [-0.39, 0.29) is 5.54 Å². The van der Waals surface area contributed by atoms with Crippen LogP contribution in [0.25, 0.3) is 0 Å². The molecule has 0 unspecified atom stereocenters. The molecule has 1 aliphatic heterocycles. The predicted octanol–water partition coefficient (Wildman–Crippen LogP) is 1.29. The third kappa shape index (κ3) is 2.13. The number of aryl methyl sites for hydroxylation is 1. The maximum atomic E-state index is 4.55. The van der Waals surface area contributed by atoms with Crippen LogP contribution in [0.1, 0.15) is 26.6 Å². The number of nitrogens with one attached hydrogen (secondary N) is 1. The van der Waals surface area contributed by atoms with E-state index in [0.717, 1.165) is 37.0 Å². The maximum absolute atomic E-state index is 4.55. The summed E-state index contributed by atoms with van der Waals surface area (Å²) in [6, 6.07) is 0. The number of rotatable bonds is 2. The summed E-state index contributed by atoms with van der Waals surface area (Å²) in [6.07, 6.45) is 0.920. The molecule has 2 heterocycles. The van der Waals surface area contributed by atoms with Crippen LogP contribution >= 0.6 is 11.5 Å². The molecule has 2 rings (SSSR count). The minimum absolute atomic E-state index is 0.142. The van der Waals surface area contributed by atoms with Gasteiger partial charge >= 0.3 is 0 Å². The molecule has 1 aromatic rings. The number of aromatic nitrogens is 2. The number of hydrogen-bond donors (Lipinski definition) is 1. The molecular weight excluding hydrogens is 208 g/mol. The lowest BCUT2D eigenvalue weighted by Crippen LogP contribution is -2.58. The van der Waals surface area contributed by atoms with Crippen LogP contribution in [-0.2, 0) is 6.42 Å². The molecule has 15 heavy (non-hydrogen) atoms. The van der Waals surface area contributed by atoms with Gasteiger partial charge in [-0.2, -0.15) is 4.37 Å². The van der Waals surface area contributed by atoms with Crippen molar-refractivity contribution in [2.24, 2.45) is 0 Å².